The van der Waals surface area contributed by atoms with Gasteiger partial charge < -0.3 is 9.72 Å². The number of rotatable bonds is 2. The molecule has 21 heavy (non-hydrogen) atoms. The Morgan fingerprint density at radius 2 is 2.19 bits per heavy atom. The van der Waals surface area contributed by atoms with E-state index in [0.29, 0.717) is 5.39 Å². The predicted octanol–water partition coefficient (Wildman–Crippen LogP) is 2.93. The Morgan fingerprint density at radius 3 is 2.95 bits per heavy atom. The molecule has 1 N–H and O–H groups in total. The van der Waals surface area contributed by atoms with Crippen LogP contribution in [0.3, 0.4) is 0 Å². The molecule has 1 aromatic carbocycles. The van der Waals surface area contributed by atoms with Crippen molar-refractivity contribution < 1.29 is 13.9 Å². The van der Waals surface area contributed by atoms with E-state index in [0.717, 1.165) is 19.3 Å². The van der Waals surface area contributed by atoms with Gasteiger partial charge in [0.1, 0.15) is 11.9 Å². The number of nitrogens with one attached hydrogen (secondary N) is 1. The van der Waals surface area contributed by atoms with E-state index < -0.39 is 17.3 Å². The van der Waals surface area contributed by atoms with E-state index in [1.165, 1.54) is 24.3 Å². The van der Waals surface area contributed by atoms with E-state index in [1.807, 2.05) is 12.2 Å². The van der Waals surface area contributed by atoms with Gasteiger partial charge in [0.15, 0.2) is 0 Å². The maximum atomic E-state index is 13.2. The number of halogens is 1. The van der Waals surface area contributed by atoms with Gasteiger partial charge >= 0.3 is 5.97 Å². The number of allylic oxidation sites excluding steroid dienone is 1. The molecule has 1 aliphatic carbocycles. The fourth-order valence-electron chi connectivity index (χ4n) is 2.48. The largest absolute Gasteiger partial charge is 0.455 e. The lowest BCUT2D eigenvalue weighted by atomic mass is 10.0. The van der Waals surface area contributed by atoms with Crippen molar-refractivity contribution in [2.24, 2.45) is 0 Å². The second-order valence-electron chi connectivity index (χ2n) is 5.04. The van der Waals surface area contributed by atoms with Crippen LogP contribution in [0.25, 0.3) is 10.9 Å². The van der Waals surface area contributed by atoms with Gasteiger partial charge in [0, 0.05) is 11.5 Å². The third kappa shape index (κ3) is 2.86. The molecule has 0 fully saturated rings. The number of esters is 1. The third-order valence-corrected chi connectivity index (χ3v) is 3.49. The van der Waals surface area contributed by atoms with Crippen molar-refractivity contribution in [3.05, 3.63) is 58.2 Å². The lowest BCUT2D eigenvalue weighted by molar-refractivity contribution is 0.0372. The van der Waals surface area contributed by atoms with Gasteiger partial charge in [-0.3, -0.25) is 4.79 Å². The Kier molecular flexibility index (Phi) is 3.56. The monoisotopic (exact) mass is 287 g/mol. The molecule has 108 valence electrons. The first-order valence-corrected chi connectivity index (χ1v) is 6.84. The van der Waals surface area contributed by atoms with Crippen molar-refractivity contribution >= 4 is 16.9 Å². The average Bonchev–Trinajstić information content (AvgIpc) is 2.47. The second kappa shape index (κ2) is 5.52. The van der Waals surface area contributed by atoms with Crippen LogP contribution in [0.5, 0.6) is 0 Å². The molecule has 0 aliphatic heterocycles. The number of hydrogen-bond donors (Lipinski definition) is 1. The molecule has 0 spiro atoms. The number of aromatic nitrogens is 1. The van der Waals surface area contributed by atoms with Crippen molar-refractivity contribution in [3.8, 4) is 0 Å². The van der Waals surface area contributed by atoms with E-state index >= 15 is 0 Å². The lowest BCUT2D eigenvalue weighted by Gasteiger charge is -2.17. The number of pyridine rings is 1. The minimum Gasteiger partial charge on any atom is -0.455 e. The molecule has 0 saturated carbocycles. The Bertz CT molecular complexity index is 779. The van der Waals surface area contributed by atoms with Crippen LogP contribution in [-0.2, 0) is 4.74 Å². The Balaban J connectivity index is 1.99. The zero-order chi connectivity index (χ0) is 14.8. The summed E-state index contributed by atoms with van der Waals surface area (Å²) in [6.07, 6.45) is 6.30. The molecule has 0 saturated heterocycles. The van der Waals surface area contributed by atoms with E-state index in [-0.39, 0.29) is 17.2 Å². The van der Waals surface area contributed by atoms with Crippen molar-refractivity contribution in [2.75, 3.05) is 0 Å². The van der Waals surface area contributed by atoms with Gasteiger partial charge in [0.05, 0.1) is 11.1 Å². The standard InChI is InChI=1S/C16H14FNO3/c17-10-6-7-12-13(9-15(19)18-14(12)8-10)16(20)21-11-4-2-1-3-5-11/h2,4,6-9,11H,1,3,5H2,(H,18,19). The van der Waals surface area contributed by atoms with Crippen LogP contribution >= 0.6 is 0 Å². The van der Waals surface area contributed by atoms with E-state index in [4.69, 9.17) is 4.74 Å². The summed E-state index contributed by atoms with van der Waals surface area (Å²) in [5, 5.41) is 0.473. The van der Waals surface area contributed by atoms with Crippen molar-refractivity contribution in [1.82, 2.24) is 4.98 Å². The van der Waals surface area contributed by atoms with Gasteiger partial charge in [0.25, 0.3) is 0 Å². The first-order chi connectivity index (χ1) is 10.1. The summed E-state index contributed by atoms with van der Waals surface area (Å²) >= 11 is 0. The number of carbonyl (C=O) groups excluding carboxylic acids is 1. The van der Waals surface area contributed by atoms with Crippen molar-refractivity contribution in [3.63, 3.8) is 0 Å². The molecular weight excluding hydrogens is 273 g/mol. The predicted molar refractivity (Wildman–Crippen MR) is 76.7 cm³/mol. The van der Waals surface area contributed by atoms with Crippen LogP contribution in [0, 0.1) is 5.82 Å². The highest BCUT2D eigenvalue weighted by Gasteiger charge is 2.18. The molecule has 4 nitrogen and oxygen atoms in total. The molecule has 5 heteroatoms. The number of hydrogen-bond acceptors (Lipinski definition) is 3. The van der Waals surface area contributed by atoms with Crippen molar-refractivity contribution in [2.45, 2.75) is 25.4 Å². The van der Waals surface area contributed by atoms with Gasteiger partial charge in [-0.15, -0.1) is 0 Å². The van der Waals surface area contributed by atoms with Gasteiger partial charge in [-0.1, -0.05) is 6.08 Å². The average molecular weight is 287 g/mol. The maximum Gasteiger partial charge on any atom is 0.339 e. The molecule has 1 aliphatic rings. The van der Waals surface area contributed by atoms with E-state index in [2.05, 4.69) is 4.98 Å². The van der Waals surface area contributed by atoms with Crippen LogP contribution < -0.4 is 5.56 Å². The summed E-state index contributed by atoms with van der Waals surface area (Å²) in [5.41, 5.74) is -0.0133. The summed E-state index contributed by atoms with van der Waals surface area (Å²) in [5.74, 6) is -1.03. The summed E-state index contributed by atoms with van der Waals surface area (Å²) in [6, 6.07) is 5.09. The van der Waals surface area contributed by atoms with Gasteiger partial charge in [-0.05, 0) is 43.5 Å². The van der Waals surface area contributed by atoms with Gasteiger partial charge in [-0.25, -0.2) is 9.18 Å². The van der Waals surface area contributed by atoms with E-state index in [1.54, 1.807) is 0 Å². The first-order valence-electron chi connectivity index (χ1n) is 6.84. The highest BCUT2D eigenvalue weighted by Crippen LogP contribution is 2.20. The summed E-state index contributed by atoms with van der Waals surface area (Å²) < 4.78 is 18.6. The minimum absolute atomic E-state index is 0.160. The number of benzene rings is 1. The molecule has 0 radical (unpaired) electrons. The maximum absolute atomic E-state index is 13.2. The van der Waals surface area contributed by atoms with Gasteiger partial charge in [0.2, 0.25) is 5.56 Å². The molecular formula is C16H14FNO3. The molecule has 0 bridgehead atoms. The fourth-order valence-corrected chi connectivity index (χ4v) is 2.48. The second-order valence-corrected chi connectivity index (χ2v) is 5.04. The molecule has 1 unspecified atom stereocenters. The molecule has 1 aromatic heterocycles. The molecule has 0 amide bonds. The van der Waals surface area contributed by atoms with Crippen molar-refractivity contribution in [1.29, 1.82) is 0 Å². The fraction of sp³-hybridized carbons (Fsp3) is 0.250. The number of aromatic amines is 1. The van der Waals surface area contributed by atoms with Crippen LogP contribution in [0.2, 0.25) is 0 Å². The Labute approximate surface area is 120 Å². The zero-order valence-corrected chi connectivity index (χ0v) is 11.3. The normalized spacial score (nSPS) is 17.9. The van der Waals surface area contributed by atoms with Gasteiger partial charge in [-0.2, -0.15) is 0 Å². The molecule has 2 aromatic rings. The summed E-state index contributed by atoms with van der Waals surface area (Å²) in [4.78, 5) is 26.4. The topological polar surface area (TPSA) is 59.2 Å². The third-order valence-electron chi connectivity index (χ3n) is 3.49. The first kappa shape index (κ1) is 13.5. The Hall–Kier alpha value is -2.43. The van der Waals surface area contributed by atoms with Crippen LogP contribution in [0.15, 0.2) is 41.2 Å². The molecule has 3 rings (SSSR count). The zero-order valence-electron chi connectivity index (χ0n) is 11.3. The molecule has 1 heterocycles. The quantitative estimate of drug-likeness (QED) is 0.682. The van der Waals surface area contributed by atoms with E-state index in [9.17, 15) is 14.0 Å². The number of carbonyl (C=O) groups is 1. The van der Waals surface area contributed by atoms with Crippen LogP contribution in [-0.4, -0.2) is 17.1 Å². The summed E-state index contributed by atoms with van der Waals surface area (Å²) in [6.45, 7) is 0. The van der Waals surface area contributed by atoms with Crippen LogP contribution in [0.1, 0.15) is 29.6 Å². The highest BCUT2D eigenvalue weighted by molar-refractivity contribution is 6.03. The highest BCUT2D eigenvalue weighted by atomic mass is 19.1. The number of fused-ring (bicyclic) bond motifs is 1. The lowest BCUT2D eigenvalue weighted by Crippen LogP contribution is -2.20. The Morgan fingerprint density at radius 1 is 1.33 bits per heavy atom. The van der Waals surface area contributed by atoms with Crippen LogP contribution in [0.4, 0.5) is 4.39 Å². The smallest absolute Gasteiger partial charge is 0.339 e. The summed E-state index contributed by atoms with van der Waals surface area (Å²) in [7, 11) is 0. The minimum atomic E-state index is -0.561. The SMILES string of the molecule is O=C(OC1C=CCCC1)c1cc(=O)[nH]c2cc(F)ccc12. The number of H-pyrrole nitrogens is 1. The molecule has 1 atom stereocenters. The number of ether oxygens (including phenoxy) is 1.